The molecule has 0 heterocycles. The van der Waals surface area contributed by atoms with Crippen molar-refractivity contribution in [2.45, 2.75) is 19.8 Å². The fourth-order valence-electron chi connectivity index (χ4n) is 1.55. The SMILES string of the molecule is C=Cc1ccc(CC)cc1CCNC. The third-order valence-electron chi connectivity index (χ3n) is 2.48. The number of hydrogen-bond donors (Lipinski definition) is 1. The highest BCUT2D eigenvalue weighted by Crippen LogP contribution is 2.14. The van der Waals surface area contributed by atoms with Crippen LogP contribution in [-0.2, 0) is 12.8 Å². The highest BCUT2D eigenvalue weighted by molar-refractivity contribution is 5.53. The third-order valence-corrected chi connectivity index (χ3v) is 2.48. The molecule has 1 heteroatoms. The molecule has 0 atom stereocenters. The van der Waals surface area contributed by atoms with Crippen LogP contribution in [0.4, 0.5) is 0 Å². The van der Waals surface area contributed by atoms with Gasteiger partial charge in [-0.15, -0.1) is 0 Å². The van der Waals surface area contributed by atoms with Crippen LogP contribution in [0.15, 0.2) is 24.8 Å². The summed E-state index contributed by atoms with van der Waals surface area (Å²) in [5.74, 6) is 0. The van der Waals surface area contributed by atoms with Crippen LogP contribution in [0, 0.1) is 0 Å². The first-order chi connectivity index (χ1) is 6.81. The van der Waals surface area contributed by atoms with Crippen LogP contribution in [0.25, 0.3) is 6.08 Å². The smallest absolute Gasteiger partial charge is 0.00111 e. The van der Waals surface area contributed by atoms with Crippen molar-refractivity contribution < 1.29 is 0 Å². The molecule has 0 radical (unpaired) electrons. The number of nitrogens with one attached hydrogen (secondary N) is 1. The van der Waals surface area contributed by atoms with E-state index in [-0.39, 0.29) is 0 Å². The highest BCUT2D eigenvalue weighted by Gasteiger charge is 1.99. The molecule has 0 aliphatic rings. The minimum atomic E-state index is 1.02. The third kappa shape index (κ3) is 2.71. The van der Waals surface area contributed by atoms with E-state index in [4.69, 9.17) is 0 Å². The lowest BCUT2D eigenvalue weighted by atomic mass is 10.0. The summed E-state index contributed by atoms with van der Waals surface area (Å²) in [7, 11) is 1.98. The van der Waals surface area contributed by atoms with Gasteiger partial charge in [0.05, 0.1) is 0 Å². The first-order valence-electron chi connectivity index (χ1n) is 5.20. The predicted octanol–water partition coefficient (Wildman–Crippen LogP) is 2.65. The summed E-state index contributed by atoms with van der Waals surface area (Å²) < 4.78 is 0. The molecule has 0 aliphatic heterocycles. The Morgan fingerprint density at radius 2 is 2.21 bits per heavy atom. The Bertz CT molecular complexity index is 302. The number of likely N-dealkylation sites (N-methyl/N-ethyl adjacent to an activating group) is 1. The van der Waals surface area contributed by atoms with Gasteiger partial charge in [-0.2, -0.15) is 0 Å². The zero-order chi connectivity index (χ0) is 10.4. The van der Waals surface area contributed by atoms with Gasteiger partial charge in [-0.25, -0.2) is 0 Å². The Labute approximate surface area is 86.8 Å². The molecule has 0 aliphatic carbocycles. The second kappa shape index (κ2) is 5.61. The van der Waals surface area contributed by atoms with E-state index in [1.54, 1.807) is 0 Å². The monoisotopic (exact) mass is 189 g/mol. The Morgan fingerprint density at radius 1 is 1.43 bits per heavy atom. The van der Waals surface area contributed by atoms with Gasteiger partial charge in [-0.05, 0) is 43.1 Å². The lowest BCUT2D eigenvalue weighted by molar-refractivity contribution is 0.790. The summed E-state index contributed by atoms with van der Waals surface area (Å²) in [5, 5.41) is 3.17. The Balaban J connectivity index is 2.90. The molecule has 0 aromatic heterocycles. The van der Waals surface area contributed by atoms with Crippen LogP contribution < -0.4 is 5.32 Å². The molecule has 0 spiro atoms. The molecule has 1 N–H and O–H groups in total. The molecule has 1 aromatic rings. The molecule has 1 rings (SSSR count). The Hall–Kier alpha value is -1.08. The Morgan fingerprint density at radius 3 is 2.79 bits per heavy atom. The zero-order valence-electron chi connectivity index (χ0n) is 9.14. The average Bonchev–Trinajstić information content (AvgIpc) is 2.25. The van der Waals surface area contributed by atoms with E-state index in [0.717, 1.165) is 19.4 Å². The van der Waals surface area contributed by atoms with Gasteiger partial charge >= 0.3 is 0 Å². The molecule has 0 fully saturated rings. The molecule has 1 aromatic carbocycles. The van der Waals surface area contributed by atoms with Crippen molar-refractivity contribution in [3.05, 3.63) is 41.5 Å². The maximum absolute atomic E-state index is 3.83. The van der Waals surface area contributed by atoms with Gasteiger partial charge in [0.15, 0.2) is 0 Å². The van der Waals surface area contributed by atoms with Crippen LogP contribution in [0.3, 0.4) is 0 Å². The molecule has 0 unspecified atom stereocenters. The lowest BCUT2D eigenvalue weighted by Gasteiger charge is -2.07. The number of aryl methyl sites for hydroxylation is 1. The van der Waals surface area contributed by atoms with Gasteiger partial charge in [0, 0.05) is 0 Å². The quantitative estimate of drug-likeness (QED) is 0.751. The maximum atomic E-state index is 3.83. The van der Waals surface area contributed by atoms with Gasteiger partial charge < -0.3 is 5.32 Å². The molecule has 0 saturated carbocycles. The predicted molar refractivity (Wildman–Crippen MR) is 63.5 cm³/mol. The molecular weight excluding hydrogens is 170 g/mol. The second-order valence-electron chi connectivity index (χ2n) is 3.44. The van der Waals surface area contributed by atoms with E-state index in [0.29, 0.717) is 0 Å². The van der Waals surface area contributed by atoms with Crippen molar-refractivity contribution in [3.8, 4) is 0 Å². The van der Waals surface area contributed by atoms with E-state index in [2.05, 4.69) is 37.0 Å². The van der Waals surface area contributed by atoms with Crippen molar-refractivity contribution in [1.82, 2.24) is 5.32 Å². The van der Waals surface area contributed by atoms with Crippen molar-refractivity contribution in [2.75, 3.05) is 13.6 Å². The van der Waals surface area contributed by atoms with E-state index >= 15 is 0 Å². The minimum absolute atomic E-state index is 1.02. The van der Waals surface area contributed by atoms with Crippen LogP contribution in [0.5, 0.6) is 0 Å². The average molecular weight is 189 g/mol. The largest absolute Gasteiger partial charge is 0.319 e. The summed E-state index contributed by atoms with van der Waals surface area (Å²) in [5.41, 5.74) is 4.06. The van der Waals surface area contributed by atoms with Crippen LogP contribution in [-0.4, -0.2) is 13.6 Å². The van der Waals surface area contributed by atoms with E-state index in [1.807, 2.05) is 13.1 Å². The van der Waals surface area contributed by atoms with Gasteiger partial charge in [-0.3, -0.25) is 0 Å². The number of benzene rings is 1. The van der Waals surface area contributed by atoms with Gasteiger partial charge in [0.1, 0.15) is 0 Å². The van der Waals surface area contributed by atoms with E-state index in [9.17, 15) is 0 Å². The fourth-order valence-corrected chi connectivity index (χ4v) is 1.55. The fraction of sp³-hybridized carbons (Fsp3) is 0.385. The van der Waals surface area contributed by atoms with E-state index in [1.165, 1.54) is 16.7 Å². The van der Waals surface area contributed by atoms with Crippen molar-refractivity contribution >= 4 is 6.08 Å². The standard InChI is InChI=1S/C13H19N/c1-4-11-6-7-12(5-2)13(10-11)8-9-14-3/h5-7,10,14H,2,4,8-9H2,1,3H3. The summed E-state index contributed by atoms with van der Waals surface area (Å²) >= 11 is 0. The zero-order valence-corrected chi connectivity index (χ0v) is 9.14. The molecule has 76 valence electrons. The summed E-state index contributed by atoms with van der Waals surface area (Å²) in [6.45, 7) is 7.04. The number of hydrogen-bond acceptors (Lipinski definition) is 1. The van der Waals surface area contributed by atoms with Crippen LogP contribution in [0.2, 0.25) is 0 Å². The van der Waals surface area contributed by atoms with E-state index < -0.39 is 0 Å². The highest BCUT2D eigenvalue weighted by atomic mass is 14.8. The molecule has 0 bridgehead atoms. The van der Waals surface area contributed by atoms with Crippen LogP contribution in [0.1, 0.15) is 23.6 Å². The summed E-state index contributed by atoms with van der Waals surface area (Å²) in [6.07, 6.45) is 4.11. The minimum Gasteiger partial charge on any atom is -0.319 e. The molecular formula is C13H19N. The summed E-state index contributed by atoms with van der Waals surface area (Å²) in [6, 6.07) is 6.63. The second-order valence-corrected chi connectivity index (χ2v) is 3.44. The first-order valence-corrected chi connectivity index (χ1v) is 5.20. The summed E-state index contributed by atoms with van der Waals surface area (Å²) in [4.78, 5) is 0. The van der Waals surface area contributed by atoms with Gasteiger partial charge in [-0.1, -0.05) is 37.8 Å². The van der Waals surface area contributed by atoms with Crippen molar-refractivity contribution in [3.63, 3.8) is 0 Å². The lowest BCUT2D eigenvalue weighted by Crippen LogP contribution is -2.11. The van der Waals surface area contributed by atoms with Gasteiger partial charge in [0.2, 0.25) is 0 Å². The first kappa shape index (κ1) is 11.0. The normalized spacial score (nSPS) is 10.1. The van der Waals surface area contributed by atoms with Crippen LogP contribution >= 0.6 is 0 Å². The maximum Gasteiger partial charge on any atom is -0.00111 e. The van der Waals surface area contributed by atoms with Gasteiger partial charge in [0.25, 0.3) is 0 Å². The van der Waals surface area contributed by atoms with Crippen molar-refractivity contribution in [1.29, 1.82) is 0 Å². The molecule has 1 nitrogen and oxygen atoms in total. The molecule has 0 amide bonds. The molecule has 14 heavy (non-hydrogen) atoms. The topological polar surface area (TPSA) is 12.0 Å². The number of rotatable bonds is 5. The van der Waals surface area contributed by atoms with Crippen molar-refractivity contribution in [2.24, 2.45) is 0 Å². The Kier molecular flexibility index (Phi) is 4.41. The molecule has 0 saturated heterocycles.